The summed E-state index contributed by atoms with van der Waals surface area (Å²) in [7, 11) is 0. The van der Waals surface area contributed by atoms with Crippen LogP contribution in [-0.2, 0) is 4.74 Å². The number of hydrogen-bond donors (Lipinski definition) is 1. The predicted molar refractivity (Wildman–Crippen MR) is 69.6 cm³/mol. The summed E-state index contributed by atoms with van der Waals surface area (Å²) in [5.74, 6) is 0.195. The van der Waals surface area contributed by atoms with E-state index < -0.39 is 16.8 Å². The smallest absolute Gasteiger partial charge is 0.138 e. The van der Waals surface area contributed by atoms with E-state index in [1.54, 1.807) is 6.08 Å². The minimum Gasteiger partial charge on any atom is -0.378 e. The normalized spacial score (nSPS) is 39.9. The summed E-state index contributed by atoms with van der Waals surface area (Å²) in [6.07, 6.45) is 9.52. The van der Waals surface area contributed by atoms with Crippen LogP contribution in [0.1, 0.15) is 19.3 Å². The van der Waals surface area contributed by atoms with Crippen LogP contribution in [0.3, 0.4) is 0 Å². The summed E-state index contributed by atoms with van der Waals surface area (Å²) >= 11 is 0. The molecule has 2 fully saturated rings. The molecule has 1 aliphatic heterocycles. The van der Waals surface area contributed by atoms with Gasteiger partial charge in [0.05, 0.1) is 0 Å². The van der Waals surface area contributed by atoms with Gasteiger partial charge < -0.3 is 9.84 Å². The van der Waals surface area contributed by atoms with E-state index >= 15 is 0 Å². The van der Waals surface area contributed by atoms with Gasteiger partial charge in [-0.2, -0.15) is 0 Å². The van der Waals surface area contributed by atoms with Gasteiger partial charge in [0, 0.05) is 5.92 Å². The molecule has 3 unspecified atom stereocenters. The van der Waals surface area contributed by atoms with Gasteiger partial charge in [-0.25, -0.2) is 0 Å². The highest BCUT2D eigenvalue weighted by atomic mass is 16.6. The maximum Gasteiger partial charge on any atom is 0.138 e. The standard InChI is InChI=1S/C15H20O2/c1-5-12-10-9-11-15(13(16,6-2)7-3)14(12,8-4)17-15/h5-8,12,16H,1-4,9-11H2. The molecule has 2 heteroatoms. The van der Waals surface area contributed by atoms with Crippen molar-refractivity contribution in [2.45, 2.75) is 36.1 Å². The van der Waals surface area contributed by atoms with Gasteiger partial charge in [-0.05, 0) is 19.3 Å². The lowest BCUT2D eigenvalue weighted by Gasteiger charge is -2.36. The first-order valence-electron chi connectivity index (χ1n) is 6.01. The van der Waals surface area contributed by atoms with Gasteiger partial charge in [-0.3, -0.25) is 0 Å². The zero-order valence-electron chi connectivity index (χ0n) is 10.2. The van der Waals surface area contributed by atoms with Crippen LogP contribution in [0.4, 0.5) is 0 Å². The first kappa shape index (κ1) is 12.3. The summed E-state index contributed by atoms with van der Waals surface area (Å²) in [5.41, 5.74) is -2.37. The van der Waals surface area contributed by atoms with Crippen molar-refractivity contribution in [1.29, 1.82) is 0 Å². The highest BCUT2D eigenvalue weighted by molar-refractivity contribution is 5.41. The van der Waals surface area contributed by atoms with Crippen molar-refractivity contribution in [3.05, 3.63) is 50.6 Å². The molecule has 0 aromatic carbocycles. The third kappa shape index (κ3) is 1.23. The first-order valence-corrected chi connectivity index (χ1v) is 6.01. The van der Waals surface area contributed by atoms with Crippen molar-refractivity contribution >= 4 is 0 Å². The Morgan fingerprint density at radius 1 is 1.24 bits per heavy atom. The van der Waals surface area contributed by atoms with Gasteiger partial charge in [0.2, 0.25) is 0 Å². The third-order valence-corrected chi connectivity index (χ3v) is 4.38. The largest absolute Gasteiger partial charge is 0.378 e. The topological polar surface area (TPSA) is 32.8 Å². The Balaban J connectivity index is 2.47. The molecular formula is C15H20O2. The summed E-state index contributed by atoms with van der Waals surface area (Å²) in [4.78, 5) is 0. The Morgan fingerprint density at radius 3 is 2.35 bits per heavy atom. The lowest BCUT2D eigenvalue weighted by Crippen LogP contribution is -2.50. The van der Waals surface area contributed by atoms with Gasteiger partial charge in [0.1, 0.15) is 16.8 Å². The molecule has 2 nitrogen and oxygen atoms in total. The molecule has 1 saturated heterocycles. The van der Waals surface area contributed by atoms with E-state index in [-0.39, 0.29) is 5.92 Å². The SMILES string of the molecule is C=CC1CCCC2(C(O)(C=C)C=C)OC12C=C. The van der Waals surface area contributed by atoms with Crippen LogP contribution < -0.4 is 0 Å². The van der Waals surface area contributed by atoms with Crippen LogP contribution in [0, 0.1) is 5.92 Å². The second kappa shape index (κ2) is 3.69. The van der Waals surface area contributed by atoms with Crippen LogP contribution in [0.2, 0.25) is 0 Å². The molecule has 17 heavy (non-hydrogen) atoms. The first-order chi connectivity index (χ1) is 8.05. The zero-order chi connectivity index (χ0) is 12.7. The Morgan fingerprint density at radius 2 is 1.88 bits per heavy atom. The molecule has 0 radical (unpaired) electrons. The molecule has 2 aliphatic rings. The van der Waals surface area contributed by atoms with Gasteiger partial charge in [-0.15, -0.1) is 13.2 Å². The van der Waals surface area contributed by atoms with Crippen molar-refractivity contribution < 1.29 is 9.84 Å². The number of fused-ring (bicyclic) bond motifs is 1. The second-order valence-corrected chi connectivity index (χ2v) is 4.89. The molecule has 0 spiro atoms. The van der Waals surface area contributed by atoms with Gasteiger partial charge in [0.15, 0.2) is 0 Å². The number of ether oxygens (including phenoxy) is 1. The molecule has 2 rings (SSSR count). The van der Waals surface area contributed by atoms with E-state index in [1.165, 1.54) is 12.2 Å². The van der Waals surface area contributed by atoms with Gasteiger partial charge in [0.25, 0.3) is 0 Å². The lowest BCUT2D eigenvalue weighted by molar-refractivity contribution is 0.0377. The number of aliphatic hydroxyl groups is 1. The van der Waals surface area contributed by atoms with Crippen LogP contribution in [0.25, 0.3) is 0 Å². The monoisotopic (exact) mass is 232 g/mol. The lowest BCUT2D eigenvalue weighted by atomic mass is 9.65. The number of epoxide rings is 1. The average Bonchev–Trinajstić information content (AvgIpc) is 3.08. The summed E-state index contributed by atoms with van der Waals surface area (Å²) in [5, 5.41) is 10.6. The van der Waals surface area contributed by atoms with Crippen molar-refractivity contribution in [1.82, 2.24) is 0 Å². The van der Waals surface area contributed by atoms with E-state index in [2.05, 4.69) is 26.3 Å². The number of hydrogen-bond acceptors (Lipinski definition) is 2. The van der Waals surface area contributed by atoms with Crippen molar-refractivity contribution in [2.24, 2.45) is 5.92 Å². The van der Waals surface area contributed by atoms with E-state index in [0.29, 0.717) is 0 Å². The predicted octanol–water partition coefficient (Wildman–Crippen LogP) is 2.77. The van der Waals surface area contributed by atoms with E-state index in [1.807, 2.05) is 6.08 Å². The highest BCUT2D eigenvalue weighted by Crippen LogP contribution is 2.66. The molecule has 0 amide bonds. The maximum absolute atomic E-state index is 10.6. The van der Waals surface area contributed by atoms with Gasteiger partial charge >= 0.3 is 0 Å². The minimum absolute atomic E-state index is 0.195. The van der Waals surface area contributed by atoms with Crippen molar-refractivity contribution in [3.63, 3.8) is 0 Å². The fourth-order valence-corrected chi connectivity index (χ4v) is 3.33. The molecule has 1 saturated carbocycles. The van der Waals surface area contributed by atoms with E-state index in [0.717, 1.165) is 19.3 Å². The Labute approximate surface area is 103 Å². The molecule has 1 aliphatic carbocycles. The summed E-state index contributed by atoms with van der Waals surface area (Å²) in [6.45, 7) is 15.1. The molecule has 1 N–H and O–H groups in total. The van der Waals surface area contributed by atoms with Crippen LogP contribution in [0.15, 0.2) is 50.6 Å². The zero-order valence-corrected chi connectivity index (χ0v) is 10.2. The molecule has 0 aromatic rings. The summed E-state index contributed by atoms with van der Waals surface area (Å²) < 4.78 is 5.97. The Bertz CT molecular complexity index is 376. The molecule has 0 aromatic heterocycles. The quantitative estimate of drug-likeness (QED) is 0.584. The minimum atomic E-state index is -1.21. The fraction of sp³-hybridized carbons (Fsp3) is 0.467. The van der Waals surface area contributed by atoms with Gasteiger partial charge in [-0.1, -0.05) is 37.5 Å². The van der Waals surface area contributed by atoms with Crippen molar-refractivity contribution in [3.8, 4) is 0 Å². The highest BCUT2D eigenvalue weighted by Gasteiger charge is 2.78. The van der Waals surface area contributed by atoms with E-state index in [4.69, 9.17) is 4.74 Å². The van der Waals surface area contributed by atoms with E-state index in [9.17, 15) is 5.11 Å². The second-order valence-electron chi connectivity index (χ2n) is 4.89. The fourth-order valence-electron chi connectivity index (χ4n) is 3.33. The average molecular weight is 232 g/mol. The molecule has 0 bridgehead atoms. The van der Waals surface area contributed by atoms with Crippen LogP contribution in [-0.4, -0.2) is 21.9 Å². The third-order valence-electron chi connectivity index (χ3n) is 4.38. The van der Waals surface area contributed by atoms with Crippen molar-refractivity contribution in [2.75, 3.05) is 0 Å². The Hall–Kier alpha value is -1.12. The maximum atomic E-state index is 10.6. The molecule has 1 heterocycles. The summed E-state index contributed by atoms with van der Waals surface area (Å²) in [6, 6.07) is 0. The molecular weight excluding hydrogens is 212 g/mol. The number of rotatable bonds is 5. The van der Waals surface area contributed by atoms with Crippen LogP contribution in [0.5, 0.6) is 0 Å². The molecule has 92 valence electrons. The Kier molecular flexibility index (Phi) is 2.68. The van der Waals surface area contributed by atoms with Crippen LogP contribution >= 0.6 is 0 Å². The molecule has 3 atom stereocenters.